The van der Waals surface area contributed by atoms with Crippen LogP contribution in [0.4, 0.5) is 5.69 Å². The van der Waals surface area contributed by atoms with Crippen LogP contribution in [0.3, 0.4) is 0 Å². The first-order valence-electron chi connectivity index (χ1n) is 8.67. The molecular weight excluding hydrogens is 360 g/mol. The summed E-state index contributed by atoms with van der Waals surface area (Å²) in [5.74, 6) is -0.300. The highest BCUT2D eigenvalue weighted by Gasteiger charge is 2.29. The highest BCUT2D eigenvalue weighted by Crippen LogP contribution is 2.38. The minimum Gasteiger partial charge on any atom is -0.506 e. The summed E-state index contributed by atoms with van der Waals surface area (Å²) < 4.78 is 2.79. The molecule has 8 nitrogen and oxygen atoms in total. The van der Waals surface area contributed by atoms with Crippen LogP contribution in [0.1, 0.15) is 6.92 Å². The minimum atomic E-state index is -0.605. The molecule has 0 bridgehead atoms. The van der Waals surface area contributed by atoms with Gasteiger partial charge >= 0.3 is 5.69 Å². The fourth-order valence-corrected chi connectivity index (χ4v) is 3.39. The van der Waals surface area contributed by atoms with E-state index in [0.717, 1.165) is 6.20 Å². The molecule has 4 aromatic rings. The van der Waals surface area contributed by atoms with Crippen molar-refractivity contribution in [1.29, 1.82) is 0 Å². The monoisotopic (exact) mass is 376 g/mol. The second-order valence-corrected chi connectivity index (χ2v) is 6.17. The molecule has 0 atom stereocenters. The van der Waals surface area contributed by atoms with E-state index < -0.39 is 10.5 Å². The maximum absolute atomic E-state index is 13.2. The Morgan fingerprint density at radius 3 is 2.46 bits per heavy atom. The summed E-state index contributed by atoms with van der Waals surface area (Å²) in [5, 5.41) is 27.1. The van der Waals surface area contributed by atoms with Crippen molar-refractivity contribution in [3.8, 4) is 22.7 Å². The van der Waals surface area contributed by atoms with Crippen molar-refractivity contribution in [3.63, 3.8) is 0 Å². The number of hydrogen-bond acceptors (Lipinski definition) is 5. The lowest BCUT2D eigenvalue weighted by Crippen LogP contribution is -2.22. The molecule has 2 heterocycles. The molecule has 1 N–H and O–H groups in total. The molecule has 0 unspecified atom stereocenters. The average molecular weight is 376 g/mol. The molecular formula is C20H16N4O4. The molecule has 0 aliphatic carbocycles. The van der Waals surface area contributed by atoms with Gasteiger partial charge in [0.2, 0.25) is 0 Å². The van der Waals surface area contributed by atoms with Crippen LogP contribution in [0.5, 0.6) is 5.75 Å². The number of rotatable bonds is 4. The third-order valence-corrected chi connectivity index (χ3v) is 4.65. The van der Waals surface area contributed by atoms with E-state index in [2.05, 4.69) is 5.10 Å². The summed E-state index contributed by atoms with van der Waals surface area (Å²) in [5.41, 5.74) is 0.0409. The van der Waals surface area contributed by atoms with Gasteiger partial charge in [-0.15, -0.1) is 0 Å². The van der Waals surface area contributed by atoms with E-state index in [1.807, 2.05) is 0 Å². The number of aryl methyl sites for hydroxylation is 1. The third-order valence-electron chi connectivity index (χ3n) is 4.65. The summed E-state index contributed by atoms with van der Waals surface area (Å²) in [6.45, 7) is 2.15. The Bertz CT molecular complexity index is 1260. The number of hydrogen-bond donors (Lipinski definition) is 1. The second-order valence-electron chi connectivity index (χ2n) is 6.17. The van der Waals surface area contributed by atoms with Gasteiger partial charge < -0.3 is 9.67 Å². The molecule has 0 aliphatic rings. The van der Waals surface area contributed by atoms with E-state index in [4.69, 9.17) is 0 Å². The van der Waals surface area contributed by atoms with Gasteiger partial charge in [0.05, 0.1) is 16.1 Å². The first-order valence-corrected chi connectivity index (χ1v) is 8.67. The maximum Gasteiger partial charge on any atom is 0.315 e. The van der Waals surface area contributed by atoms with Crippen molar-refractivity contribution in [2.24, 2.45) is 0 Å². The van der Waals surface area contributed by atoms with Crippen LogP contribution in [0.25, 0.3) is 27.8 Å². The van der Waals surface area contributed by atoms with Crippen molar-refractivity contribution < 1.29 is 10.0 Å². The van der Waals surface area contributed by atoms with Crippen molar-refractivity contribution in [1.82, 2.24) is 14.3 Å². The number of nitrogens with zero attached hydrogens (tertiary/aromatic N) is 4. The SMILES string of the molecule is CCn1c(=O)c(-c2c([N+](=O)[O-])cnn2-c2ccccc2)c(O)c2ccccc21. The molecule has 140 valence electrons. The fourth-order valence-electron chi connectivity index (χ4n) is 3.39. The lowest BCUT2D eigenvalue weighted by atomic mass is 10.1. The van der Waals surface area contributed by atoms with E-state index in [9.17, 15) is 20.0 Å². The zero-order chi connectivity index (χ0) is 19.8. The van der Waals surface area contributed by atoms with Gasteiger partial charge in [-0.2, -0.15) is 5.10 Å². The molecule has 8 heteroatoms. The number of fused-ring (bicyclic) bond motifs is 1. The Labute approximate surface area is 159 Å². The summed E-state index contributed by atoms with van der Waals surface area (Å²) in [4.78, 5) is 24.3. The third kappa shape index (κ3) is 2.54. The molecule has 2 aromatic heterocycles. The first-order chi connectivity index (χ1) is 13.5. The molecule has 0 amide bonds. The molecule has 28 heavy (non-hydrogen) atoms. The van der Waals surface area contributed by atoms with Crippen LogP contribution in [-0.2, 0) is 6.54 Å². The molecule has 0 saturated carbocycles. The quantitative estimate of drug-likeness (QED) is 0.434. The van der Waals surface area contributed by atoms with Gasteiger partial charge in [0.1, 0.15) is 17.5 Å². The van der Waals surface area contributed by atoms with Crippen molar-refractivity contribution >= 4 is 16.6 Å². The molecule has 0 spiro atoms. The fraction of sp³-hybridized carbons (Fsp3) is 0.100. The molecule has 0 radical (unpaired) electrons. The molecule has 0 aliphatic heterocycles. The normalized spacial score (nSPS) is 11.0. The smallest absolute Gasteiger partial charge is 0.315 e. The highest BCUT2D eigenvalue weighted by atomic mass is 16.6. The van der Waals surface area contributed by atoms with Crippen LogP contribution < -0.4 is 5.56 Å². The number of aromatic hydroxyl groups is 1. The maximum atomic E-state index is 13.2. The molecule has 0 fully saturated rings. The van der Waals surface area contributed by atoms with Crippen LogP contribution in [0, 0.1) is 10.1 Å². The van der Waals surface area contributed by atoms with Crippen LogP contribution in [-0.4, -0.2) is 24.4 Å². The van der Waals surface area contributed by atoms with Gasteiger partial charge in [0, 0.05) is 11.9 Å². The predicted octanol–water partition coefficient (Wildman–Crippen LogP) is 3.49. The standard InChI is InChI=1S/C20H16N4O4/c1-2-22-15-11-7-6-10-14(15)19(25)17(20(22)26)18-16(24(27)28)12-21-23(18)13-8-4-3-5-9-13/h3-12,25H,2H2,1H3. The van der Waals surface area contributed by atoms with E-state index in [-0.39, 0.29) is 22.7 Å². The number of nitro groups is 1. The molecule has 2 aromatic carbocycles. The lowest BCUT2D eigenvalue weighted by molar-refractivity contribution is -0.384. The zero-order valence-electron chi connectivity index (χ0n) is 14.9. The van der Waals surface area contributed by atoms with E-state index in [1.54, 1.807) is 61.5 Å². The van der Waals surface area contributed by atoms with Crippen LogP contribution in [0.15, 0.2) is 65.6 Å². The predicted molar refractivity (Wildman–Crippen MR) is 105 cm³/mol. The Kier molecular flexibility index (Phi) is 4.15. The van der Waals surface area contributed by atoms with Gasteiger partial charge in [-0.1, -0.05) is 30.3 Å². The average Bonchev–Trinajstić information content (AvgIpc) is 3.14. The van der Waals surface area contributed by atoms with Crippen molar-refractivity contribution in [2.75, 3.05) is 0 Å². The van der Waals surface area contributed by atoms with Gasteiger partial charge in [-0.05, 0) is 31.2 Å². The van der Waals surface area contributed by atoms with E-state index in [0.29, 0.717) is 23.1 Å². The molecule has 0 saturated heterocycles. The van der Waals surface area contributed by atoms with Gasteiger partial charge in [-0.25, -0.2) is 4.68 Å². The Balaban J connectivity index is 2.16. The lowest BCUT2D eigenvalue weighted by Gasteiger charge is -2.14. The number of pyridine rings is 1. The number of benzene rings is 2. The topological polar surface area (TPSA) is 103 Å². The second kappa shape index (κ2) is 6.66. The summed E-state index contributed by atoms with van der Waals surface area (Å²) in [6.07, 6.45) is 1.09. The number of aromatic nitrogens is 3. The largest absolute Gasteiger partial charge is 0.506 e. The van der Waals surface area contributed by atoms with Gasteiger partial charge in [0.25, 0.3) is 5.56 Å². The Morgan fingerprint density at radius 2 is 1.79 bits per heavy atom. The van der Waals surface area contributed by atoms with Gasteiger partial charge in [0.15, 0.2) is 5.69 Å². The molecule has 4 rings (SSSR count). The van der Waals surface area contributed by atoms with Crippen molar-refractivity contribution in [3.05, 3.63) is 81.3 Å². The highest BCUT2D eigenvalue weighted by molar-refractivity contribution is 5.93. The van der Waals surface area contributed by atoms with E-state index >= 15 is 0 Å². The van der Waals surface area contributed by atoms with Crippen LogP contribution >= 0.6 is 0 Å². The van der Waals surface area contributed by atoms with E-state index in [1.165, 1.54) is 9.25 Å². The zero-order valence-corrected chi connectivity index (χ0v) is 14.9. The Morgan fingerprint density at radius 1 is 1.11 bits per heavy atom. The van der Waals surface area contributed by atoms with Gasteiger partial charge in [-0.3, -0.25) is 14.9 Å². The summed E-state index contributed by atoms with van der Waals surface area (Å²) >= 11 is 0. The summed E-state index contributed by atoms with van der Waals surface area (Å²) in [7, 11) is 0. The Hall–Kier alpha value is -3.94. The number of para-hydroxylation sites is 2. The first kappa shape index (κ1) is 17.5. The minimum absolute atomic E-state index is 0.0494. The van der Waals surface area contributed by atoms with Crippen molar-refractivity contribution in [2.45, 2.75) is 13.5 Å². The summed E-state index contributed by atoms with van der Waals surface area (Å²) in [6, 6.07) is 15.7. The van der Waals surface area contributed by atoms with Crippen LogP contribution in [0.2, 0.25) is 0 Å².